The smallest absolute Gasteiger partial charge is 0.250 e. The van der Waals surface area contributed by atoms with Crippen LogP contribution in [0.4, 0.5) is 5.69 Å². The van der Waals surface area contributed by atoms with E-state index in [1.807, 2.05) is 37.3 Å². The second kappa shape index (κ2) is 9.97. The van der Waals surface area contributed by atoms with Gasteiger partial charge in [-0.05, 0) is 67.6 Å². The number of carbonyl (C=O) groups is 2. The normalized spacial score (nSPS) is 15.8. The molecule has 168 valence electrons. The number of carbonyl (C=O) groups excluding carboxylic acids is 2. The Labute approximate surface area is 187 Å². The highest BCUT2D eigenvalue weighted by Gasteiger charge is 2.16. The Balaban J connectivity index is 1.41. The van der Waals surface area contributed by atoms with E-state index in [9.17, 15) is 9.59 Å². The van der Waals surface area contributed by atoms with E-state index in [4.69, 9.17) is 10.5 Å². The van der Waals surface area contributed by atoms with Crippen molar-refractivity contribution in [2.75, 3.05) is 25.0 Å². The Kier molecular flexibility index (Phi) is 6.87. The number of H-pyrrole nitrogens is 1. The van der Waals surface area contributed by atoms with Gasteiger partial charge in [0.25, 0.3) is 5.91 Å². The number of ether oxygens (including phenoxy) is 1. The molecule has 7 heteroatoms. The lowest BCUT2D eigenvalue weighted by Gasteiger charge is -2.14. The molecular formula is C25H30N4O3. The minimum atomic E-state index is -0.466. The monoisotopic (exact) mass is 434 g/mol. The topological polar surface area (TPSA) is 109 Å². The number of nitrogens with one attached hydrogen (secondary N) is 3. The van der Waals surface area contributed by atoms with Gasteiger partial charge in [-0.3, -0.25) is 9.59 Å². The van der Waals surface area contributed by atoms with Crippen molar-refractivity contribution in [2.45, 2.75) is 38.7 Å². The van der Waals surface area contributed by atoms with Gasteiger partial charge in [-0.2, -0.15) is 0 Å². The summed E-state index contributed by atoms with van der Waals surface area (Å²) in [6.45, 7) is 4.50. The Morgan fingerprint density at radius 3 is 2.84 bits per heavy atom. The van der Waals surface area contributed by atoms with E-state index in [1.54, 1.807) is 12.3 Å². The zero-order valence-corrected chi connectivity index (χ0v) is 18.4. The van der Waals surface area contributed by atoms with Crippen molar-refractivity contribution in [1.82, 2.24) is 10.3 Å². The SMILES string of the molecule is Cc1c(NC(=O)CCCNCC2CCCO2)cccc1-c1ccc(C(N)=O)c2[nH]ccc12. The molecule has 7 nitrogen and oxygen atoms in total. The third-order valence-corrected chi connectivity index (χ3v) is 6.04. The van der Waals surface area contributed by atoms with Gasteiger partial charge in [0.1, 0.15) is 0 Å². The summed E-state index contributed by atoms with van der Waals surface area (Å²) in [5.74, 6) is -0.466. The van der Waals surface area contributed by atoms with Crippen LogP contribution in [0.25, 0.3) is 22.0 Å². The van der Waals surface area contributed by atoms with Gasteiger partial charge in [0.15, 0.2) is 0 Å². The van der Waals surface area contributed by atoms with Crippen molar-refractivity contribution >= 4 is 28.4 Å². The average molecular weight is 435 g/mol. The lowest BCUT2D eigenvalue weighted by molar-refractivity contribution is -0.116. The van der Waals surface area contributed by atoms with E-state index in [-0.39, 0.29) is 5.91 Å². The second-order valence-corrected chi connectivity index (χ2v) is 8.26. The van der Waals surface area contributed by atoms with E-state index < -0.39 is 5.91 Å². The summed E-state index contributed by atoms with van der Waals surface area (Å²) in [7, 11) is 0. The van der Waals surface area contributed by atoms with Gasteiger partial charge in [-0.1, -0.05) is 18.2 Å². The predicted octanol–water partition coefficient (Wildman–Crippen LogP) is 3.73. The third-order valence-electron chi connectivity index (χ3n) is 6.04. The molecule has 1 unspecified atom stereocenters. The number of aromatic amines is 1. The number of fused-ring (bicyclic) bond motifs is 1. The van der Waals surface area contributed by atoms with E-state index in [1.165, 1.54) is 0 Å². The van der Waals surface area contributed by atoms with Gasteiger partial charge in [0, 0.05) is 36.8 Å². The van der Waals surface area contributed by atoms with Crippen LogP contribution >= 0.6 is 0 Å². The molecule has 0 aliphatic carbocycles. The van der Waals surface area contributed by atoms with Crippen molar-refractivity contribution < 1.29 is 14.3 Å². The fraction of sp³-hybridized carbons (Fsp3) is 0.360. The number of hydrogen-bond donors (Lipinski definition) is 4. The molecule has 1 aliphatic heterocycles. The lowest BCUT2D eigenvalue weighted by Crippen LogP contribution is -2.27. The summed E-state index contributed by atoms with van der Waals surface area (Å²) >= 11 is 0. The highest BCUT2D eigenvalue weighted by molar-refractivity contribution is 6.09. The van der Waals surface area contributed by atoms with Gasteiger partial charge in [0.05, 0.1) is 17.2 Å². The number of nitrogens with two attached hydrogens (primary N) is 1. The first-order chi connectivity index (χ1) is 15.5. The number of benzene rings is 2. The van der Waals surface area contributed by atoms with Crippen LogP contribution in [0.5, 0.6) is 0 Å². The van der Waals surface area contributed by atoms with Crippen LogP contribution in [-0.4, -0.2) is 42.6 Å². The number of anilines is 1. The summed E-state index contributed by atoms with van der Waals surface area (Å²) < 4.78 is 5.59. The maximum atomic E-state index is 12.5. The summed E-state index contributed by atoms with van der Waals surface area (Å²) in [4.78, 5) is 27.4. The number of aromatic nitrogens is 1. The van der Waals surface area contributed by atoms with Gasteiger partial charge in [-0.25, -0.2) is 0 Å². The van der Waals surface area contributed by atoms with Gasteiger partial charge in [0.2, 0.25) is 5.91 Å². The molecule has 0 saturated carbocycles. The molecule has 2 aromatic carbocycles. The maximum absolute atomic E-state index is 12.5. The minimum absolute atomic E-state index is 0.0000316. The minimum Gasteiger partial charge on any atom is -0.377 e. The fourth-order valence-corrected chi connectivity index (χ4v) is 4.31. The van der Waals surface area contributed by atoms with E-state index in [0.717, 1.165) is 72.2 Å². The standard InChI is InChI=1S/C25H30N4O3/c1-16-18(19-9-10-21(25(26)31)24-20(19)11-13-28-24)6-2-7-22(16)29-23(30)8-3-12-27-15-17-5-4-14-32-17/h2,6-7,9-11,13,17,27-28H,3-5,8,12,14-15H2,1H3,(H2,26,31)(H,29,30). The molecule has 0 bridgehead atoms. The largest absolute Gasteiger partial charge is 0.377 e. The van der Waals surface area contributed by atoms with Crippen LogP contribution in [0.2, 0.25) is 0 Å². The van der Waals surface area contributed by atoms with E-state index >= 15 is 0 Å². The molecular weight excluding hydrogens is 404 g/mol. The van der Waals surface area contributed by atoms with Crippen LogP contribution in [0, 0.1) is 6.92 Å². The molecule has 1 atom stereocenters. The molecule has 0 radical (unpaired) electrons. The first kappa shape index (κ1) is 22.0. The van der Waals surface area contributed by atoms with Crippen LogP contribution < -0.4 is 16.4 Å². The van der Waals surface area contributed by atoms with E-state index in [2.05, 4.69) is 15.6 Å². The highest BCUT2D eigenvalue weighted by Crippen LogP contribution is 2.34. The van der Waals surface area contributed by atoms with Crippen molar-refractivity contribution in [3.63, 3.8) is 0 Å². The Hall–Kier alpha value is -3.16. The number of amides is 2. The van der Waals surface area contributed by atoms with Crippen LogP contribution in [0.1, 0.15) is 41.6 Å². The van der Waals surface area contributed by atoms with Gasteiger partial charge < -0.3 is 26.1 Å². The zero-order chi connectivity index (χ0) is 22.5. The first-order valence-electron chi connectivity index (χ1n) is 11.2. The average Bonchev–Trinajstić information content (AvgIpc) is 3.46. The third kappa shape index (κ3) is 4.84. The highest BCUT2D eigenvalue weighted by atomic mass is 16.5. The van der Waals surface area contributed by atoms with Crippen LogP contribution in [0.15, 0.2) is 42.6 Å². The molecule has 32 heavy (non-hydrogen) atoms. The summed E-state index contributed by atoms with van der Waals surface area (Å²) in [5, 5.41) is 7.35. The van der Waals surface area contributed by atoms with Crippen molar-refractivity contribution in [3.05, 3.63) is 53.7 Å². The van der Waals surface area contributed by atoms with Gasteiger partial charge in [-0.15, -0.1) is 0 Å². The zero-order valence-electron chi connectivity index (χ0n) is 18.4. The molecule has 1 fully saturated rings. The fourth-order valence-electron chi connectivity index (χ4n) is 4.31. The van der Waals surface area contributed by atoms with Crippen molar-refractivity contribution in [1.29, 1.82) is 0 Å². The molecule has 2 amide bonds. The Morgan fingerprint density at radius 2 is 2.06 bits per heavy atom. The molecule has 0 spiro atoms. The van der Waals surface area contributed by atoms with Crippen molar-refractivity contribution in [2.24, 2.45) is 5.73 Å². The molecule has 3 aromatic rings. The summed E-state index contributed by atoms with van der Waals surface area (Å²) in [5.41, 5.74) is 10.5. The molecule has 1 aromatic heterocycles. The lowest BCUT2D eigenvalue weighted by atomic mass is 9.94. The number of rotatable bonds is 9. The number of primary amides is 1. The van der Waals surface area contributed by atoms with Gasteiger partial charge >= 0.3 is 0 Å². The predicted molar refractivity (Wildman–Crippen MR) is 127 cm³/mol. The Morgan fingerprint density at radius 1 is 1.19 bits per heavy atom. The van der Waals surface area contributed by atoms with Crippen LogP contribution in [-0.2, 0) is 9.53 Å². The van der Waals surface area contributed by atoms with Crippen molar-refractivity contribution in [3.8, 4) is 11.1 Å². The number of hydrogen-bond acceptors (Lipinski definition) is 4. The summed E-state index contributed by atoms with van der Waals surface area (Å²) in [6, 6.07) is 11.5. The molecule has 2 heterocycles. The quantitative estimate of drug-likeness (QED) is 0.385. The van der Waals surface area contributed by atoms with E-state index in [0.29, 0.717) is 18.1 Å². The molecule has 4 rings (SSSR count). The Bertz CT molecular complexity index is 1120. The summed E-state index contributed by atoms with van der Waals surface area (Å²) in [6.07, 6.45) is 5.60. The first-order valence-corrected chi connectivity index (χ1v) is 11.2. The maximum Gasteiger partial charge on any atom is 0.250 e. The molecule has 5 N–H and O–H groups in total. The second-order valence-electron chi connectivity index (χ2n) is 8.26. The molecule has 1 aliphatic rings. The van der Waals surface area contributed by atoms with Crippen LogP contribution in [0.3, 0.4) is 0 Å². The molecule has 1 saturated heterocycles.